The molecule has 0 aliphatic carbocycles. The molecule has 108 valence electrons. The van der Waals surface area contributed by atoms with Crippen molar-refractivity contribution in [1.29, 1.82) is 0 Å². The van der Waals surface area contributed by atoms with E-state index in [4.69, 9.17) is 16.7 Å². The molecular formula is C14H8BrClFNO3. The maximum absolute atomic E-state index is 13.1. The molecule has 0 saturated carbocycles. The number of nitrogens with one attached hydrogen (secondary N) is 1. The largest absolute Gasteiger partial charge is 0.478 e. The third kappa shape index (κ3) is 3.40. The quantitative estimate of drug-likeness (QED) is 0.849. The molecule has 0 radical (unpaired) electrons. The smallest absolute Gasteiger partial charge is 0.336 e. The van der Waals surface area contributed by atoms with Gasteiger partial charge >= 0.3 is 5.97 Å². The standard InChI is InChI=1S/C14H8BrClFNO3/c15-10-5-7(17)6-11(16)12(10)18-13(19)8-3-1-2-4-9(8)14(20)21/h1-6H,(H,18,19)(H,20,21). The van der Waals surface area contributed by atoms with E-state index in [0.717, 1.165) is 12.1 Å². The summed E-state index contributed by atoms with van der Waals surface area (Å²) in [5.74, 6) is -2.43. The van der Waals surface area contributed by atoms with E-state index in [0.29, 0.717) is 0 Å². The molecule has 2 rings (SSSR count). The maximum Gasteiger partial charge on any atom is 0.336 e. The number of carbonyl (C=O) groups excluding carboxylic acids is 1. The molecule has 0 atom stereocenters. The monoisotopic (exact) mass is 371 g/mol. The molecule has 2 aromatic rings. The zero-order chi connectivity index (χ0) is 15.6. The van der Waals surface area contributed by atoms with Gasteiger partial charge in [0.1, 0.15) is 5.82 Å². The van der Waals surface area contributed by atoms with Gasteiger partial charge in [-0.05, 0) is 40.2 Å². The Bertz CT molecular complexity index is 713. The molecule has 0 heterocycles. The van der Waals surface area contributed by atoms with Crippen molar-refractivity contribution in [3.05, 3.63) is 62.8 Å². The van der Waals surface area contributed by atoms with E-state index >= 15 is 0 Å². The molecule has 0 aromatic heterocycles. The number of aromatic carboxylic acids is 1. The second-order valence-corrected chi connectivity index (χ2v) is 5.31. The van der Waals surface area contributed by atoms with E-state index in [-0.39, 0.29) is 26.3 Å². The summed E-state index contributed by atoms with van der Waals surface area (Å²) >= 11 is 8.96. The number of hydrogen-bond donors (Lipinski definition) is 2. The minimum absolute atomic E-state index is 0.00281. The van der Waals surface area contributed by atoms with Crippen LogP contribution in [-0.2, 0) is 0 Å². The SMILES string of the molecule is O=C(O)c1ccccc1C(=O)Nc1c(Cl)cc(F)cc1Br. The summed E-state index contributed by atoms with van der Waals surface area (Å²) in [6, 6.07) is 7.95. The van der Waals surface area contributed by atoms with Crippen LogP contribution in [0.25, 0.3) is 0 Å². The highest BCUT2D eigenvalue weighted by molar-refractivity contribution is 9.10. The van der Waals surface area contributed by atoms with Crippen LogP contribution < -0.4 is 5.32 Å². The number of carbonyl (C=O) groups is 2. The number of hydrogen-bond acceptors (Lipinski definition) is 2. The average molecular weight is 373 g/mol. The molecule has 0 fully saturated rings. The van der Waals surface area contributed by atoms with Gasteiger partial charge in [0.25, 0.3) is 5.91 Å². The summed E-state index contributed by atoms with van der Waals surface area (Å²) in [4.78, 5) is 23.3. The molecule has 4 nitrogen and oxygen atoms in total. The van der Waals surface area contributed by atoms with Crippen LogP contribution in [-0.4, -0.2) is 17.0 Å². The molecule has 7 heteroatoms. The topological polar surface area (TPSA) is 66.4 Å². The molecule has 0 saturated heterocycles. The van der Waals surface area contributed by atoms with E-state index in [1.807, 2.05) is 0 Å². The van der Waals surface area contributed by atoms with E-state index in [1.165, 1.54) is 18.2 Å². The van der Waals surface area contributed by atoms with Crippen molar-refractivity contribution in [3.8, 4) is 0 Å². The minimum Gasteiger partial charge on any atom is -0.478 e. The summed E-state index contributed by atoms with van der Waals surface area (Å²) in [5.41, 5.74) is 0.0184. The van der Waals surface area contributed by atoms with Crippen LogP contribution >= 0.6 is 27.5 Å². The van der Waals surface area contributed by atoms with Gasteiger partial charge in [0.05, 0.1) is 21.8 Å². The Morgan fingerprint density at radius 1 is 1.19 bits per heavy atom. The Hall–Kier alpha value is -1.92. The third-order valence-corrected chi connectivity index (χ3v) is 3.57. The van der Waals surface area contributed by atoms with Crippen molar-refractivity contribution >= 4 is 45.1 Å². The molecule has 0 aliphatic heterocycles. The van der Waals surface area contributed by atoms with Crippen LogP contribution in [0, 0.1) is 5.82 Å². The fourth-order valence-corrected chi connectivity index (χ4v) is 2.61. The summed E-state index contributed by atoms with van der Waals surface area (Å²) in [6.45, 7) is 0. The molecule has 1 amide bonds. The van der Waals surface area contributed by atoms with Crippen molar-refractivity contribution in [2.75, 3.05) is 5.32 Å². The molecule has 2 N–H and O–H groups in total. The lowest BCUT2D eigenvalue weighted by atomic mass is 10.1. The highest BCUT2D eigenvalue weighted by Gasteiger charge is 2.18. The fourth-order valence-electron chi connectivity index (χ4n) is 1.71. The molecular weight excluding hydrogens is 365 g/mol. The summed E-state index contributed by atoms with van der Waals surface area (Å²) in [5, 5.41) is 11.5. The van der Waals surface area contributed by atoms with Crippen molar-refractivity contribution in [3.63, 3.8) is 0 Å². The number of amides is 1. The number of halogens is 3. The highest BCUT2D eigenvalue weighted by Crippen LogP contribution is 2.32. The van der Waals surface area contributed by atoms with Crippen LogP contribution in [0.4, 0.5) is 10.1 Å². The zero-order valence-electron chi connectivity index (χ0n) is 10.4. The molecule has 0 aliphatic rings. The summed E-state index contributed by atoms with van der Waals surface area (Å²) in [6.07, 6.45) is 0. The van der Waals surface area contributed by atoms with Crippen LogP contribution in [0.5, 0.6) is 0 Å². The Labute approximate surface area is 132 Å². The first-order valence-electron chi connectivity index (χ1n) is 5.68. The van der Waals surface area contributed by atoms with Crippen molar-refractivity contribution < 1.29 is 19.1 Å². The van der Waals surface area contributed by atoms with Crippen molar-refractivity contribution in [2.24, 2.45) is 0 Å². The molecule has 21 heavy (non-hydrogen) atoms. The van der Waals surface area contributed by atoms with Gasteiger partial charge < -0.3 is 10.4 Å². The number of anilines is 1. The van der Waals surface area contributed by atoms with Crippen LogP contribution in [0.1, 0.15) is 20.7 Å². The second kappa shape index (κ2) is 6.24. The van der Waals surface area contributed by atoms with Crippen molar-refractivity contribution in [1.82, 2.24) is 0 Å². The van der Waals surface area contributed by atoms with Crippen LogP contribution in [0.15, 0.2) is 40.9 Å². The Morgan fingerprint density at radius 2 is 1.81 bits per heavy atom. The average Bonchev–Trinajstić information content (AvgIpc) is 2.42. The van der Waals surface area contributed by atoms with Gasteiger partial charge in [0, 0.05) is 4.47 Å². The first-order valence-corrected chi connectivity index (χ1v) is 6.85. The Balaban J connectivity index is 2.38. The Kier molecular flexibility index (Phi) is 4.59. The van der Waals surface area contributed by atoms with E-state index in [1.54, 1.807) is 6.07 Å². The molecule has 0 spiro atoms. The van der Waals surface area contributed by atoms with E-state index in [2.05, 4.69) is 21.2 Å². The third-order valence-electron chi connectivity index (χ3n) is 2.65. The lowest BCUT2D eigenvalue weighted by Gasteiger charge is -2.11. The predicted octanol–water partition coefficient (Wildman–Crippen LogP) is 4.19. The second-order valence-electron chi connectivity index (χ2n) is 4.05. The van der Waals surface area contributed by atoms with Crippen LogP contribution in [0.2, 0.25) is 5.02 Å². The first kappa shape index (κ1) is 15.5. The first-order chi connectivity index (χ1) is 9.90. The summed E-state index contributed by atoms with van der Waals surface area (Å²) in [7, 11) is 0. The van der Waals surface area contributed by atoms with Gasteiger partial charge in [-0.3, -0.25) is 4.79 Å². The van der Waals surface area contributed by atoms with Gasteiger partial charge in [-0.2, -0.15) is 0 Å². The van der Waals surface area contributed by atoms with E-state index < -0.39 is 17.7 Å². The van der Waals surface area contributed by atoms with E-state index in [9.17, 15) is 14.0 Å². The fraction of sp³-hybridized carbons (Fsp3) is 0. The summed E-state index contributed by atoms with van der Waals surface area (Å²) < 4.78 is 13.4. The number of benzene rings is 2. The van der Waals surface area contributed by atoms with Gasteiger partial charge in [-0.25, -0.2) is 9.18 Å². The highest BCUT2D eigenvalue weighted by atomic mass is 79.9. The normalized spacial score (nSPS) is 10.2. The zero-order valence-corrected chi connectivity index (χ0v) is 12.7. The number of carboxylic acids is 1. The Morgan fingerprint density at radius 3 is 2.38 bits per heavy atom. The number of rotatable bonds is 3. The molecule has 0 unspecified atom stereocenters. The van der Waals surface area contributed by atoms with Gasteiger partial charge in [0.2, 0.25) is 0 Å². The lowest BCUT2D eigenvalue weighted by Crippen LogP contribution is -2.17. The minimum atomic E-state index is -1.22. The van der Waals surface area contributed by atoms with Crippen molar-refractivity contribution in [2.45, 2.75) is 0 Å². The lowest BCUT2D eigenvalue weighted by molar-refractivity contribution is 0.0692. The molecule has 2 aromatic carbocycles. The maximum atomic E-state index is 13.1. The van der Waals surface area contributed by atoms with Gasteiger partial charge in [0.15, 0.2) is 0 Å². The predicted molar refractivity (Wildman–Crippen MR) is 80.5 cm³/mol. The number of carboxylic acid groups (broad SMARTS) is 1. The molecule has 0 bridgehead atoms. The van der Waals surface area contributed by atoms with Gasteiger partial charge in [-0.15, -0.1) is 0 Å². The van der Waals surface area contributed by atoms with Gasteiger partial charge in [-0.1, -0.05) is 23.7 Å². The van der Waals surface area contributed by atoms with Crippen LogP contribution in [0.3, 0.4) is 0 Å².